The lowest BCUT2D eigenvalue weighted by molar-refractivity contribution is -0.126. The van der Waals surface area contributed by atoms with Crippen molar-refractivity contribution in [2.75, 3.05) is 13.1 Å². The van der Waals surface area contributed by atoms with E-state index in [1.54, 1.807) is 0 Å². The first-order chi connectivity index (χ1) is 14.2. The average molecular weight is 393 g/mol. The molecule has 0 bridgehead atoms. The fraction of sp³-hybridized carbons (Fsp3) is 0.542. The van der Waals surface area contributed by atoms with E-state index in [-0.39, 0.29) is 17.9 Å². The van der Waals surface area contributed by atoms with E-state index in [0.29, 0.717) is 5.92 Å². The van der Waals surface area contributed by atoms with Gasteiger partial charge in [0.05, 0.1) is 17.4 Å². The molecule has 2 aromatic heterocycles. The number of nitrogens with one attached hydrogen (secondary N) is 1. The van der Waals surface area contributed by atoms with Crippen LogP contribution in [0, 0.1) is 18.8 Å². The summed E-state index contributed by atoms with van der Waals surface area (Å²) in [7, 11) is 0. The van der Waals surface area contributed by atoms with E-state index >= 15 is 0 Å². The van der Waals surface area contributed by atoms with Crippen molar-refractivity contribution in [3.05, 3.63) is 59.7 Å². The van der Waals surface area contributed by atoms with Gasteiger partial charge in [-0.2, -0.15) is 0 Å². The van der Waals surface area contributed by atoms with E-state index in [1.165, 1.54) is 12.8 Å². The van der Waals surface area contributed by atoms with E-state index in [9.17, 15) is 4.79 Å². The number of pyridine rings is 2. The van der Waals surface area contributed by atoms with Crippen LogP contribution in [0.4, 0.5) is 0 Å². The van der Waals surface area contributed by atoms with Gasteiger partial charge in [-0.25, -0.2) is 0 Å². The quantitative estimate of drug-likeness (QED) is 0.806. The Balaban J connectivity index is 1.48. The highest BCUT2D eigenvalue weighted by Crippen LogP contribution is 2.31. The highest BCUT2D eigenvalue weighted by molar-refractivity contribution is 5.79. The molecule has 0 unspecified atom stereocenters. The third-order valence-corrected chi connectivity index (χ3v) is 6.38. The molecule has 3 heterocycles. The van der Waals surface area contributed by atoms with Crippen molar-refractivity contribution < 1.29 is 4.79 Å². The van der Waals surface area contributed by atoms with E-state index < -0.39 is 0 Å². The summed E-state index contributed by atoms with van der Waals surface area (Å²) >= 11 is 0. The van der Waals surface area contributed by atoms with Crippen molar-refractivity contribution in [1.29, 1.82) is 0 Å². The number of aryl methyl sites for hydroxylation is 1. The van der Waals surface area contributed by atoms with Gasteiger partial charge in [-0.05, 0) is 69.3 Å². The lowest BCUT2D eigenvalue weighted by Crippen LogP contribution is -2.44. The van der Waals surface area contributed by atoms with Crippen molar-refractivity contribution in [2.45, 2.75) is 58.0 Å². The van der Waals surface area contributed by atoms with Crippen molar-refractivity contribution in [3.63, 3.8) is 0 Å². The van der Waals surface area contributed by atoms with Crippen LogP contribution in [0.25, 0.3) is 0 Å². The number of rotatable bonds is 6. The molecule has 5 nitrogen and oxygen atoms in total. The summed E-state index contributed by atoms with van der Waals surface area (Å²) in [6.07, 6.45) is 8.48. The standard InChI is InChI=1S/C24H32N4O/c1-18-8-6-12-21(26-18)17-28-15-7-11-20(16-28)23(22-13-4-5-14-25-22)27-24(29)19-9-2-3-10-19/h4-6,8,12-14,19-20,23H,2-3,7,9-11,15-17H2,1H3,(H,27,29)/t20-,23+/m1/s1. The molecule has 154 valence electrons. The molecule has 1 aliphatic heterocycles. The molecule has 1 N–H and O–H groups in total. The lowest BCUT2D eigenvalue weighted by atomic mass is 9.87. The zero-order valence-electron chi connectivity index (χ0n) is 17.4. The van der Waals surface area contributed by atoms with Crippen LogP contribution in [0.1, 0.15) is 61.6 Å². The van der Waals surface area contributed by atoms with E-state index in [4.69, 9.17) is 0 Å². The van der Waals surface area contributed by atoms with Crippen LogP contribution in [0.15, 0.2) is 42.6 Å². The molecule has 1 saturated heterocycles. The zero-order chi connectivity index (χ0) is 20.1. The molecule has 1 aliphatic carbocycles. The van der Waals surface area contributed by atoms with Crippen molar-refractivity contribution in [2.24, 2.45) is 11.8 Å². The highest BCUT2D eigenvalue weighted by atomic mass is 16.2. The largest absolute Gasteiger partial charge is 0.347 e. The van der Waals surface area contributed by atoms with Gasteiger partial charge in [0.25, 0.3) is 0 Å². The second kappa shape index (κ2) is 9.49. The van der Waals surface area contributed by atoms with E-state index in [2.05, 4.69) is 38.4 Å². The molecule has 2 atom stereocenters. The molecule has 0 radical (unpaired) electrons. The van der Waals surface area contributed by atoms with Gasteiger partial charge in [0.15, 0.2) is 0 Å². The summed E-state index contributed by atoms with van der Waals surface area (Å²) in [5, 5.41) is 3.39. The van der Waals surface area contributed by atoms with E-state index in [0.717, 1.165) is 62.4 Å². The number of aromatic nitrogens is 2. The minimum Gasteiger partial charge on any atom is -0.347 e. The molecule has 2 aliphatic rings. The Bertz CT molecular complexity index is 804. The van der Waals surface area contributed by atoms with Gasteiger partial charge in [0.2, 0.25) is 5.91 Å². The number of hydrogen-bond acceptors (Lipinski definition) is 4. The van der Waals surface area contributed by atoms with Crippen LogP contribution < -0.4 is 5.32 Å². The number of carbonyl (C=O) groups excluding carboxylic acids is 1. The first kappa shape index (κ1) is 20.0. The minimum absolute atomic E-state index is 0.0161. The third-order valence-electron chi connectivity index (χ3n) is 6.38. The van der Waals surface area contributed by atoms with Gasteiger partial charge in [0, 0.05) is 30.9 Å². The second-order valence-electron chi connectivity index (χ2n) is 8.63. The predicted octanol–water partition coefficient (Wildman–Crippen LogP) is 4.04. The van der Waals surface area contributed by atoms with Crippen LogP contribution in [0.5, 0.6) is 0 Å². The SMILES string of the molecule is Cc1cccc(CN2CCC[C@@H]([C@H](NC(=O)C3CCCC3)c3ccccn3)C2)n1. The summed E-state index contributed by atoms with van der Waals surface area (Å²) in [6.45, 7) is 4.95. The molecule has 29 heavy (non-hydrogen) atoms. The number of amides is 1. The van der Waals surface area contributed by atoms with Gasteiger partial charge in [-0.15, -0.1) is 0 Å². The maximum absolute atomic E-state index is 12.9. The first-order valence-electron chi connectivity index (χ1n) is 11.1. The number of carbonyl (C=O) groups is 1. The normalized spacial score (nSPS) is 21.8. The first-order valence-corrected chi connectivity index (χ1v) is 11.1. The summed E-state index contributed by atoms with van der Waals surface area (Å²) in [5.41, 5.74) is 3.17. The number of likely N-dealkylation sites (tertiary alicyclic amines) is 1. The Morgan fingerprint density at radius 3 is 2.76 bits per heavy atom. The minimum atomic E-state index is -0.0161. The maximum atomic E-state index is 12.9. The molecule has 1 amide bonds. The Morgan fingerprint density at radius 2 is 2.00 bits per heavy atom. The summed E-state index contributed by atoms with van der Waals surface area (Å²) in [6, 6.07) is 12.2. The van der Waals surface area contributed by atoms with Crippen molar-refractivity contribution in [3.8, 4) is 0 Å². The molecular weight excluding hydrogens is 360 g/mol. The lowest BCUT2D eigenvalue weighted by Gasteiger charge is -2.37. The van der Waals surface area contributed by atoms with Gasteiger partial charge in [0.1, 0.15) is 0 Å². The number of piperidine rings is 1. The maximum Gasteiger partial charge on any atom is 0.223 e. The summed E-state index contributed by atoms with van der Waals surface area (Å²) < 4.78 is 0. The number of hydrogen-bond donors (Lipinski definition) is 1. The summed E-state index contributed by atoms with van der Waals surface area (Å²) in [5.74, 6) is 0.766. The Morgan fingerprint density at radius 1 is 1.14 bits per heavy atom. The van der Waals surface area contributed by atoms with Crippen molar-refractivity contribution >= 4 is 5.91 Å². The predicted molar refractivity (Wildman–Crippen MR) is 114 cm³/mol. The Labute approximate surface area is 173 Å². The Hall–Kier alpha value is -2.27. The van der Waals surface area contributed by atoms with Crippen molar-refractivity contribution in [1.82, 2.24) is 20.2 Å². The van der Waals surface area contributed by atoms with Gasteiger partial charge < -0.3 is 5.32 Å². The fourth-order valence-corrected chi connectivity index (χ4v) is 4.88. The zero-order valence-corrected chi connectivity index (χ0v) is 17.4. The molecule has 2 aromatic rings. The van der Waals surface area contributed by atoms with Gasteiger partial charge in [-0.3, -0.25) is 19.7 Å². The second-order valence-corrected chi connectivity index (χ2v) is 8.63. The van der Waals surface area contributed by atoms with Crippen LogP contribution in [-0.2, 0) is 11.3 Å². The third kappa shape index (κ3) is 5.21. The number of nitrogens with zero attached hydrogens (tertiary/aromatic N) is 3. The van der Waals surface area contributed by atoms with Crippen LogP contribution in [-0.4, -0.2) is 33.9 Å². The molecule has 1 saturated carbocycles. The molecule has 2 fully saturated rings. The molecule has 4 rings (SSSR count). The molecular formula is C24H32N4O. The van der Waals surface area contributed by atoms with Crippen LogP contribution in [0.3, 0.4) is 0 Å². The molecule has 0 aromatic carbocycles. The smallest absolute Gasteiger partial charge is 0.223 e. The summed E-state index contributed by atoms with van der Waals surface area (Å²) in [4.78, 5) is 24.7. The monoisotopic (exact) mass is 392 g/mol. The average Bonchev–Trinajstić information content (AvgIpc) is 3.28. The molecule has 5 heteroatoms. The van der Waals surface area contributed by atoms with Gasteiger partial charge >= 0.3 is 0 Å². The van der Waals surface area contributed by atoms with Crippen LogP contribution in [0.2, 0.25) is 0 Å². The van der Waals surface area contributed by atoms with Crippen LogP contribution >= 0.6 is 0 Å². The topological polar surface area (TPSA) is 58.1 Å². The van der Waals surface area contributed by atoms with E-state index in [1.807, 2.05) is 31.3 Å². The molecule has 0 spiro atoms. The highest BCUT2D eigenvalue weighted by Gasteiger charge is 2.32. The fourth-order valence-electron chi connectivity index (χ4n) is 4.88. The Kier molecular flexibility index (Phi) is 6.55. The van der Waals surface area contributed by atoms with Gasteiger partial charge in [-0.1, -0.05) is 25.0 Å².